The van der Waals surface area contributed by atoms with Gasteiger partial charge in [0.15, 0.2) is 5.16 Å². The third-order valence-electron chi connectivity index (χ3n) is 3.12. The van der Waals surface area contributed by atoms with E-state index in [9.17, 15) is 4.79 Å². The molecule has 7 heteroatoms. The molecule has 1 aliphatic rings. The van der Waals surface area contributed by atoms with Crippen LogP contribution >= 0.6 is 27.7 Å². The van der Waals surface area contributed by atoms with Crippen LogP contribution in [0.5, 0.6) is 5.75 Å². The van der Waals surface area contributed by atoms with Gasteiger partial charge in [-0.1, -0.05) is 27.7 Å². The number of nitrogens with zero attached hydrogens (tertiary/aromatic N) is 2. The molecule has 2 heterocycles. The summed E-state index contributed by atoms with van der Waals surface area (Å²) in [5, 5.41) is 0.644. The predicted octanol–water partition coefficient (Wildman–Crippen LogP) is 3.23. The number of ether oxygens (including phenoxy) is 2. The number of rotatable bonds is 2. The summed E-state index contributed by atoms with van der Waals surface area (Å²) in [5.41, 5.74) is 2.15. The predicted molar refractivity (Wildman–Crippen MR) is 82.3 cm³/mol. The molecule has 0 aliphatic carbocycles. The van der Waals surface area contributed by atoms with Crippen molar-refractivity contribution in [2.45, 2.75) is 11.3 Å². The molecular formula is C14H11BrN2O3S. The highest BCUT2D eigenvalue weighted by Crippen LogP contribution is 2.42. The fourth-order valence-corrected chi connectivity index (χ4v) is 2.85. The summed E-state index contributed by atoms with van der Waals surface area (Å²) in [6.07, 6.45) is 2.69. The van der Waals surface area contributed by atoms with Gasteiger partial charge in [0.05, 0.1) is 12.8 Å². The molecule has 1 aromatic carbocycles. The molecule has 0 N–H and O–H groups in total. The highest BCUT2D eigenvalue weighted by atomic mass is 79.9. The highest BCUT2D eigenvalue weighted by Gasteiger charge is 2.34. The SMILES string of the molecule is COC(=O)C1Oc2ccc(Br)cc2-c2nc(SC)ncc21. The van der Waals surface area contributed by atoms with Gasteiger partial charge in [0.1, 0.15) is 5.75 Å². The Kier molecular flexibility index (Phi) is 3.86. The molecule has 0 spiro atoms. The Morgan fingerprint density at radius 3 is 3.00 bits per heavy atom. The zero-order valence-corrected chi connectivity index (χ0v) is 13.7. The average Bonchev–Trinajstić information content (AvgIpc) is 2.53. The van der Waals surface area contributed by atoms with E-state index in [1.807, 2.05) is 18.4 Å². The van der Waals surface area contributed by atoms with Gasteiger partial charge in [-0.2, -0.15) is 0 Å². The summed E-state index contributed by atoms with van der Waals surface area (Å²) in [6.45, 7) is 0. The van der Waals surface area contributed by atoms with E-state index in [4.69, 9.17) is 9.47 Å². The molecule has 21 heavy (non-hydrogen) atoms. The molecule has 0 saturated carbocycles. The number of carbonyl (C=O) groups excluding carboxylic acids is 1. The maximum absolute atomic E-state index is 11.9. The lowest BCUT2D eigenvalue weighted by Crippen LogP contribution is -2.24. The first-order valence-electron chi connectivity index (χ1n) is 6.09. The zero-order chi connectivity index (χ0) is 15.0. The van der Waals surface area contributed by atoms with Crippen LogP contribution in [0.1, 0.15) is 11.7 Å². The second-order valence-electron chi connectivity index (χ2n) is 4.32. The first-order valence-corrected chi connectivity index (χ1v) is 8.11. The summed E-state index contributed by atoms with van der Waals surface area (Å²) in [7, 11) is 1.33. The van der Waals surface area contributed by atoms with Crippen LogP contribution < -0.4 is 4.74 Å². The molecule has 0 radical (unpaired) electrons. The van der Waals surface area contributed by atoms with Crippen molar-refractivity contribution in [3.8, 4) is 17.0 Å². The lowest BCUT2D eigenvalue weighted by molar-refractivity contribution is -0.149. The molecule has 0 amide bonds. The van der Waals surface area contributed by atoms with Gasteiger partial charge in [-0.25, -0.2) is 14.8 Å². The maximum Gasteiger partial charge on any atom is 0.351 e. The number of hydrogen-bond donors (Lipinski definition) is 0. The third-order valence-corrected chi connectivity index (χ3v) is 4.17. The van der Waals surface area contributed by atoms with Crippen molar-refractivity contribution in [2.75, 3.05) is 13.4 Å². The van der Waals surface area contributed by atoms with Gasteiger partial charge < -0.3 is 9.47 Å². The van der Waals surface area contributed by atoms with Gasteiger partial charge in [-0.15, -0.1) is 0 Å². The van der Waals surface area contributed by atoms with Crippen molar-refractivity contribution in [1.29, 1.82) is 0 Å². The normalized spacial score (nSPS) is 15.7. The first kappa shape index (κ1) is 14.3. The Balaban J connectivity index is 2.22. The summed E-state index contributed by atoms with van der Waals surface area (Å²) in [5.74, 6) is 0.136. The van der Waals surface area contributed by atoms with Crippen LogP contribution in [0.25, 0.3) is 11.3 Å². The Bertz CT molecular complexity index is 723. The molecule has 1 aromatic heterocycles. The second-order valence-corrected chi connectivity index (χ2v) is 6.01. The quantitative estimate of drug-likeness (QED) is 0.461. The summed E-state index contributed by atoms with van der Waals surface area (Å²) < 4.78 is 11.5. The number of carbonyl (C=O) groups is 1. The summed E-state index contributed by atoms with van der Waals surface area (Å²) >= 11 is 4.88. The number of esters is 1. The van der Waals surface area contributed by atoms with Gasteiger partial charge >= 0.3 is 5.97 Å². The van der Waals surface area contributed by atoms with Crippen molar-refractivity contribution < 1.29 is 14.3 Å². The van der Waals surface area contributed by atoms with Crippen LogP contribution in [0, 0.1) is 0 Å². The smallest absolute Gasteiger partial charge is 0.351 e. The Hall–Kier alpha value is -1.60. The number of aromatic nitrogens is 2. The highest BCUT2D eigenvalue weighted by molar-refractivity contribution is 9.10. The monoisotopic (exact) mass is 366 g/mol. The molecule has 108 valence electrons. The van der Waals surface area contributed by atoms with Crippen molar-refractivity contribution in [1.82, 2.24) is 9.97 Å². The van der Waals surface area contributed by atoms with E-state index in [1.165, 1.54) is 18.9 Å². The lowest BCUT2D eigenvalue weighted by atomic mass is 9.99. The molecular weight excluding hydrogens is 356 g/mol. The number of benzene rings is 1. The molecule has 0 bridgehead atoms. The lowest BCUT2D eigenvalue weighted by Gasteiger charge is -2.26. The van der Waals surface area contributed by atoms with Crippen LogP contribution in [0.15, 0.2) is 34.0 Å². The Morgan fingerprint density at radius 1 is 1.48 bits per heavy atom. The number of thioether (sulfide) groups is 1. The molecule has 2 aromatic rings. The van der Waals surface area contributed by atoms with Crippen molar-refractivity contribution >= 4 is 33.7 Å². The molecule has 1 aliphatic heterocycles. The largest absolute Gasteiger partial charge is 0.473 e. The average molecular weight is 367 g/mol. The molecule has 5 nitrogen and oxygen atoms in total. The summed E-state index contributed by atoms with van der Waals surface area (Å²) in [4.78, 5) is 20.7. The molecule has 3 rings (SSSR count). The Labute approximate surface area is 134 Å². The van der Waals surface area contributed by atoms with E-state index in [1.54, 1.807) is 12.3 Å². The van der Waals surface area contributed by atoms with E-state index in [2.05, 4.69) is 25.9 Å². The second kappa shape index (κ2) is 5.65. The standard InChI is InChI=1S/C14H11BrN2O3S/c1-19-13(18)12-9-6-16-14(21-2)17-11(9)8-5-7(15)3-4-10(8)20-12/h3-6,12H,1-2H3. The van der Waals surface area contributed by atoms with Gasteiger partial charge in [0.2, 0.25) is 6.10 Å². The van der Waals surface area contributed by atoms with E-state index in [0.717, 1.165) is 10.0 Å². The molecule has 1 atom stereocenters. The molecule has 1 unspecified atom stereocenters. The van der Waals surface area contributed by atoms with Gasteiger partial charge in [-0.3, -0.25) is 0 Å². The van der Waals surface area contributed by atoms with Gasteiger partial charge in [-0.05, 0) is 24.5 Å². The minimum absolute atomic E-state index is 0.467. The minimum Gasteiger partial charge on any atom is -0.473 e. The van der Waals surface area contributed by atoms with Crippen LogP contribution in [0.2, 0.25) is 0 Å². The number of halogens is 1. The van der Waals surface area contributed by atoms with Gasteiger partial charge in [0, 0.05) is 21.8 Å². The fraction of sp³-hybridized carbons (Fsp3) is 0.214. The molecule has 0 fully saturated rings. The zero-order valence-electron chi connectivity index (χ0n) is 11.3. The van der Waals surface area contributed by atoms with E-state index in [-0.39, 0.29) is 0 Å². The minimum atomic E-state index is -0.838. The number of fused-ring (bicyclic) bond motifs is 3. The number of methoxy groups -OCH3 is 1. The van der Waals surface area contributed by atoms with Crippen LogP contribution in [-0.2, 0) is 9.53 Å². The van der Waals surface area contributed by atoms with Crippen LogP contribution in [0.4, 0.5) is 0 Å². The maximum atomic E-state index is 11.9. The van der Waals surface area contributed by atoms with E-state index < -0.39 is 12.1 Å². The van der Waals surface area contributed by atoms with Crippen LogP contribution in [0.3, 0.4) is 0 Å². The van der Waals surface area contributed by atoms with Crippen molar-refractivity contribution in [2.24, 2.45) is 0 Å². The molecule has 0 saturated heterocycles. The fourth-order valence-electron chi connectivity index (χ4n) is 2.14. The van der Waals surface area contributed by atoms with Crippen molar-refractivity contribution in [3.63, 3.8) is 0 Å². The first-order chi connectivity index (χ1) is 10.1. The summed E-state index contributed by atoms with van der Waals surface area (Å²) in [6, 6.07) is 5.58. The van der Waals surface area contributed by atoms with Crippen LogP contribution in [-0.4, -0.2) is 29.3 Å². The third kappa shape index (κ3) is 2.51. The van der Waals surface area contributed by atoms with Crippen molar-refractivity contribution in [3.05, 3.63) is 34.4 Å². The van der Waals surface area contributed by atoms with E-state index in [0.29, 0.717) is 22.2 Å². The van der Waals surface area contributed by atoms with E-state index >= 15 is 0 Å². The Morgan fingerprint density at radius 2 is 2.29 bits per heavy atom. The van der Waals surface area contributed by atoms with Gasteiger partial charge in [0.25, 0.3) is 0 Å². The topological polar surface area (TPSA) is 61.3 Å². The number of hydrogen-bond acceptors (Lipinski definition) is 6.